The third kappa shape index (κ3) is 4.36. The van der Waals surface area contributed by atoms with Gasteiger partial charge in [0, 0.05) is 31.6 Å². The molecule has 26 heavy (non-hydrogen) atoms. The summed E-state index contributed by atoms with van der Waals surface area (Å²) in [6.45, 7) is 1.66. The molecular weight excluding hydrogens is 439 g/mol. The number of benzene rings is 1. The number of anilines is 1. The second-order valence-corrected chi connectivity index (χ2v) is 6.97. The summed E-state index contributed by atoms with van der Waals surface area (Å²) in [5, 5.41) is 11.9. The SMILES string of the molecule is I.NC(=NCCc1nnc2n1CCCCC2)Nc1ccc2c(c1)CCC2. The molecule has 0 unspecified atom stereocenters. The number of halogens is 1. The fourth-order valence-electron chi connectivity index (χ4n) is 3.84. The van der Waals surface area contributed by atoms with Gasteiger partial charge in [0.25, 0.3) is 0 Å². The lowest BCUT2D eigenvalue weighted by atomic mass is 10.1. The Morgan fingerprint density at radius 2 is 1.96 bits per heavy atom. The molecule has 1 aliphatic carbocycles. The Balaban J connectivity index is 0.00000196. The van der Waals surface area contributed by atoms with Gasteiger partial charge in [-0.25, -0.2) is 0 Å². The van der Waals surface area contributed by atoms with Crippen LogP contribution in [-0.4, -0.2) is 27.3 Å². The lowest BCUT2D eigenvalue weighted by molar-refractivity contribution is 0.605. The molecule has 3 N–H and O–H groups in total. The third-order valence-electron chi connectivity index (χ3n) is 5.17. The van der Waals surface area contributed by atoms with Gasteiger partial charge in [0.05, 0.1) is 0 Å². The molecule has 4 rings (SSSR count). The number of hydrogen-bond acceptors (Lipinski definition) is 3. The Morgan fingerprint density at radius 3 is 2.88 bits per heavy atom. The van der Waals surface area contributed by atoms with Crippen LogP contribution >= 0.6 is 24.0 Å². The van der Waals surface area contributed by atoms with Gasteiger partial charge in [-0.15, -0.1) is 34.2 Å². The van der Waals surface area contributed by atoms with Crippen LogP contribution in [0.1, 0.15) is 48.5 Å². The van der Waals surface area contributed by atoms with E-state index in [2.05, 4.69) is 43.3 Å². The lowest BCUT2D eigenvalue weighted by Gasteiger charge is -2.08. The maximum Gasteiger partial charge on any atom is 0.193 e. The zero-order chi connectivity index (χ0) is 17.1. The highest BCUT2D eigenvalue weighted by molar-refractivity contribution is 14.0. The molecule has 0 fully saturated rings. The zero-order valence-electron chi connectivity index (χ0n) is 15.1. The Kier molecular flexibility index (Phi) is 6.50. The van der Waals surface area contributed by atoms with E-state index in [0.29, 0.717) is 12.5 Å². The molecule has 0 spiro atoms. The van der Waals surface area contributed by atoms with Crippen molar-refractivity contribution in [3.63, 3.8) is 0 Å². The fraction of sp³-hybridized carbons (Fsp3) is 0.526. The summed E-state index contributed by atoms with van der Waals surface area (Å²) in [7, 11) is 0. The molecule has 0 atom stereocenters. The van der Waals surface area contributed by atoms with Crippen molar-refractivity contribution in [1.29, 1.82) is 0 Å². The molecule has 7 heteroatoms. The topological polar surface area (TPSA) is 81.1 Å². The number of nitrogens with zero attached hydrogens (tertiary/aromatic N) is 4. The number of nitrogens with two attached hydrogens (primary N) is 1. The smallest absolute Gasteiger partial charge is 0.193 e. The summed E-state index contributed by atoms with van der Waals surface area (Å²) < 4.78 is 2.27. The summed E-state index contributed by atoms with van der Waals surface area (Å²) in [6.07, 6.45) is 9.14. The van der Waals surface area contributed by atoms with Crippen molar-refractivity contribution in [2.45, 2.75) is 57.9 Å². The van der Waals surface area contributed by atoms with Crippen molar-refractivity contribution in [3.05, 3.63) is 41.0 Å². The Hall–Kier alpha value is -1.64. The molecule has 0 bridgehead atoms. The number of aryl methyl sites for hydroxylation is 3. The zero-order valence-corrected chi connectivity index (χ0v) is 17.4. The highest BCUT2D eigenvalue weighted by atomic mass is 127. The van der Waals surface area contributed by atoms with Crippen molar-refractivity contribution in [2.75, 3.05) is 11.9 Å². The molecule has 2 aromatic rings. The van der Waals surface area contributed by atoms with E-state index < -0.39 is 0 Å². The van der Waals surface area contributed by atoms with E-state index in [9.17, 15) is 0 Å². The molecular formula is C19H27IN6. The number of nitrogens with one attached hydrogen (secondary N) is 1. The van der Waals surface area contributed by atoms with Gasteiger partial charge in [0.2, 0.25) is 0 Å². The van der Waals surface area contributed by atoms with Gasteiger partial charge in [-0.2, -0.15) is 0 Å². The minimum Gasteiger partial charge on any atom is -0.370 e. The minimum absolute atomic E-state index is 0. The molecule has 0 saturated carbocycles. The maximum atomic E-state index is 6.05. The van der Waals surface area contributed by atoms with Crippen LogP contribution < -0.4 is 11.1 Å². The maximum absolute atomic E-state index is 6.05. The van der Waals surface area contributed by atoms with Crippen LogP contribution in [0.2, 0.25) is 0 Å². The van der Waals surface area contributed by atoms with E-state index in [4.69, 9.17) is 5.73 Å². The molecule has 140 valence electrons. The van der Waals surface area contributed by atoms with Crippen molar-refractivity contribution >= 4 is 35.6 Å². The predicted molar refractivity (Wildman–Crippen MR) is 115 cm³/mol. The van der Waals surface area contributed by atoms with E-state index in [0.717, 1.165) is 36.7 Å². The number of guanidine groups is 1. The summed E-state index contributed by atoms with van der Waals surface area (Å²) >= 11 is 0. The van der Waals surface area contributed by atoms with E-state index in [1.807, 2.05) is 0 Å². The van der Waals surface area contributed by atoms with Crippen molar-refractivity contribution < 1.29 is 0 Å². The van der Waals surface area contributed by atoms with Crippen LogP contribution in [0, 0.1) is 0 Å². The lowest BCUT2D eigenvalue weighted by Crippen LogP contribution is -2.23. The first-order valence-electron chi connectivity index (χ1n) is 9.39. The van der Waals surface area contributed by atoms with Gasteiger partial charge in [-0.05, 0) is 55.4 Å². The van der Waals surface area contributed by atoms with Crippen LogP contribution in [0.15, 0.2) is 23.2 Å². The van der Waals surface area contributed by atoms with Gasteiger partial charge >= 0.3 is 0 Å². The van der Waals surface area contributed by atoms with Gasteiger partial charge in [0.1, 0.15) is 11.6 Å². The Labute approximate surface area is 171 Å². The molecule has 1 aliphatic heterocycles. The van der Waals surface area contributed by atoms with Crippen molar-refractivity contribution in [2.24, 2.45) is 10.7 Å². The van der Waals surface area contributed by atoms with Crippen LogP contribution in [-0.2, 0) is 32.2 Å². The molecule has 2 aliphatic rings. The number of aliphatic imine (C=N–C) groups is 1. The molecule has 1 aromatic carbocycles. The minimum atomic E-state index is 0. The number of aromatic nitrogens is 3. The Bertz CT molecular complexity index is 782. The summed E-state index contributed by atoms with van der Waals surface area (Å²) in [5.74, 6) is 2.63. The average molecular weight is 466 g/mol. The summed E-state index contributed by atoms with van der Waals surface area (Å²) in [4.78, 5) is 4.46. The largest absolute Gasteiger partial charge is 0.370 e. The second-order valence-electron chi connectivity index (χ2n) is 6.97. The average Bonchev–Trinajstić information content (AvgIpc) is 3.15. The number of rotatable bonds is 4. The number of hydrogen-bond donors (Lipinski definition) is 2. The first-order chi connectivity index (χ1) is 12.3. The van der Waals surface area contributed by atoms with Crippen molar-refractivity contribution in [3.8, 4) is 0 Å². The van der Waals surface area contributed by atoms with E-state index in [1.54, 1.807) is 0 Å². The third-order valence-corrected chi connectivity index (χ3v) is 5.17. The van der Waals surface area contributed by atoms with Gasteiger partial charge in [0.15, 0.2) is 5.96 Å². The monoisotopic (exact) mass is 466 g/mol. The van der Waals surface area contributed by atoms with E-state index in [1.165, 1.54) is 49.7 Å². The highest BCUT2D eigenvalue weighted by Gasteiger charge is 2.14. The van der Waals surface area contributed by atoms with Crippen LogP contribution in [0.5, 0.6) is 0 Å². The van der Waals surface area contributed by atoms with Gasteiger partial charge < -0.3 is 15.6 Å². The number of fused-ring (bicyclic) bond motifs is 2. The Morgan fingerprint density at radius 1 is 1.08 bits per heavy atom. The van der Waals surface area contributed by atoms with Gasteiger partial charge in [-0.1, -0.05) is 12.5 Å². The molecule has 1 aromatic heterocycles. The van der Waals surface area contributed by atoms with Crippen LogP contribution in [0.4, 0.5) is 5.69 Å². The van der Waals surface area contributed by atoms with Crippen molar-refractivity contribution in [1.82, 2.24) is 14.8 Å². The van der Waals surface area contributed by atoms with Crippen LogP contribution in [0.3, 0.4) is 0 Å². The molecule has 6 nitrogen and oxygen atoms in total. The first kappa shape index (κ1) is 19.1. The normalized spacial score (nSPS) is 16.4. The molecule has 0 saturated heterocycles. The van der Waals surface area contributed by atoms with E-state index >= 15 is 0 Å². The van der Waals surface area contributed by atoms with Crippen LogP contribution in [0.25, 0.3) is 0 Å². The molecule has 0 amide bonds. The van der Waals surface area contributed by atoms with Gasteiger partial charge in [-0.3, -0.25) is 4.99 Å². The summed E-state index contributed by atoms with van der Waals surface area (Å²) in [5.41, 5.74) is 9.98. The molecule has 0 radical (unpaired) electrons. The quantitative estimate of drug-likeness (QED) is 0.413. The highest BCUT2D eigenvalue weighted by Crippen LogP contribution is 2.24. The standard InChI is InChI=1S/C19H26N6.HI/c20-19(22-16-9-8-14-5-4-6-15(14)13-16)21-11-10-18-24-23-17-7-2-1-3-12-25(17)18;/h8-9,13H,1-7,10-12H2,(H3,20,21,22);1H. The summed E-state index contributed by atoms with van der Waals surface area (Å²) in [6, 6.07) is 6.48. The van der Waals surface area contributed by atoms with E-state index in [-0.39, 0.29) is 24.0 Å². The fourth-order valence-corrected chi connectivity index (χ4v) is 3.84. The molecule has 2 heterocycles. The second kappa shape index (κ2) is 8.83. The predicted octanol–water partition coefficient (Wildman–Crippen LogP) is 3.08. The first-order valence-corrected chi connectivity index (χ1v) is 9.39.